The molecule has 0 aromatic heterocycles. The number of benzene rings is 1. The third-order valence-corrected chi connectivity index (χ3v) is 3.25. The Kier molecular flexibility index (Phi) is 5.75. The SMILES string of the molecule is CC(CC(=O)O)CC(=O)Nc1c(Cl)cc(F)cc1Br. The smallest absolute Gasteiger partial charge is 0.303 e. The van der Waals surface area contributed by atoms with Gasteiger partial charge in [0.05, 0.1) is 10.7 Å². The van der Waals surface area contributed by atoms with Crippen molar-refractivity contribution in [3.8, 4) is 0 Å². The van der Waals surface area contributed by atoms with Gasteiger partial charge in [-0.1, -0.05) is 18.5 Å². The highest BCUT2D eigenvalue weighted by Gasteiger charge is 2.15. The Morgan fingerprint density at radius 3 is 2.63 bits per heavy atom. The molecule has 4 nitrogen and oxygen atoms in total. The van der Waals surface area contributed by atoms with Gasteiger partial charge in [0.15, 0.2) is 0 Å². The number of aliphatic carboxylic acids is 1. The van der Waals surface area contributed by atoms with E-state index in [0.717, 1.165) is 6.07 Å². The van der Waals surface area contributed by atoms with Crippen LogP contribution >= 0.6 is 27.5 Å². The largest absolute Gasteiger partial charge is 0.481 e. The van der Waals surface area contributed by atoms with Crippen molar-refractivity contribution in [2.45, 2.75) is 19.8 Å². The van der Waals surface area contributed by atoms with Gasteiger partial charge < -0.3 is 10.4 Å². The quantitative estimate of drug-likeness (QED) is 0.849. The van der Waals surface area contributed by atoms with E-state index in [1.807, 2.05) is 0 Å². The molecule has 1 aromatic carbocycles. The molecule has 1 aromatic rings. The summed E-state index contributed by atoms with van der Waals surface area (Å²) in [5.41, 5.74) is 0.274. The van der Waals surface area contributed by atoms with Crippen molar-refractivity contribution in [3.63, 3.8) is 0 Å². The van der Waals surface area contributed by atoms with E-state index in [0.29, 0.717) is 4.47 Å². The average molecular weight is 353 g/mol. The van der Waals surface area contributed by atoms with Crippen molar-refractivity contribution in [1.82, 2.24) is 0 Å². The highest BCUT2D eigenvalue weighted by atomic mass is 79.9. The molecule has 1 amide bonds. The standard InChI is InChI=1S/C12H12BrClFNO3/c1-6(3-11(18)19)2-10(17)16-12-8(13)4-7(15)5-9(12)14/h4-6H,2-3H2,1H3,(H,16,17)(H,18,19). The molecule has 19 heavy (non-hydrogen) atoms. The van der Waals surface area contributed by atoms with Gasteiger partial charge >= 0.3 is 5.97 Å². The lowest BCUT2D eigenvalue weighted by Gasteiger charge is -2.12. The molecule has 1 atom stereocenters. The van der Waals surface area contributed by atoms with Crippen LogP contribution in [0.3, 0.4) is 0 Å². The van der Waals surface area contributed by atoms with Crippen LogP contribution in [-0.2, 0) is 9.59 Å². The third-order valence-electron chi connectivity index (χ3n) is 2.33. The number of hydrogen-bond acceptors (Lipinski definition) is 2. The first-order valence-electron chi connectivity index (χ1n) is 5.45. The Morgan fingerprint density at radius 1 is 1.47 bits per heavy atom. The Hall–Kier alpha value is -1.14. The summed E-state index contributed by atoms with van der Waals surface area (Å²) in [6.45, 7) is 1.66. The van der Waals surface area contributed by atoms with Gasteiger partial charge in [0.2, 0.25) is 5.91 Å². The molecule has 0 saturated heterocycles. The topological polar surface area (TPSA) is 66.4 Å². The van der Waals surface area contributed by atoms with Gasteiger partial charge in [-0.2, -0.15) is 0 Å². The van der Waals surface area contributed by atoms with Gasteiger partial charge in [-0.15, -0.1) is 0 Å². The van der Waals surface area contributed by atoms with Gasteiger partial charge in [-0.3, -0.25) is 9.59 Å². The monoisotopic (exact) mass is 351 g/mol. The molecule has 1 rings (SSSR count). The van der Waals surface area contributed by atoms with Crippen molar-refractivity contribution in [2.75, 3.05) is 5.32 Å². The summed E-state index contributed by atoms with van der Waals surface area (Å²) in [5.74, 6) is -2.14. The van der Waals surface area contributed by atoms with E-state index in [9.17, 15) is 14.0 Å². The van der Waals surface area contributed by atoms with E-state index in [1.54, 1.807) is 6.92 Å². The van der Waals surface area contributed by atoms with E-state index in [4.69, 9.17) is 16.7 Å². The summed E-state index contributed by atoms with van der Waals surface area (Å²) in [5, 5.41) is 11.2. The van der Waals surface area contributed by atoms with Crippen molar-refractivity contribution >= 4 is 45.1 Å². The lowest BCUT2D eigenvalue weighted by atomic mass is 10.0. The predicted octanol–water partition coefficient (Wildman–Crippen LogP) is 3.68. The molecule has 0 aliphatic carbocycles. The molecule has 2 N–H and O–H groups in total. The van der Waals surface area contributed by atoms with Crippen molar-refractivity contribution in [2.24, 2.45) is 5.92 Å². The Morgan fingerprint density at radius 2 is 2.11 bits per heavy atom. The number of amides is 1. The van der Waals surface area contributed by atoms with Crippen LogP contribution < -0.4 is 5.32 Å². The molecule has 0 aliphatic rings. The molecule has 7 heteroatoms. The van der Waals surface area contributed by atoms with Crippen LogP contribution in [-0.4, -0.2) is 17.0 Å². The number of carboxylic acids is 1. The molecule has 1 unspecified atom stereocenters. The van der Waals surface area contributed by atoms with E-state index in [-0.39, 0.29) is 35.4 Å². The molecular weight excluding hydrogens is 340 g/mol. The molecule has 0 saturated carbocycles. The normalized spacial score (nSPS) is 12.0. The molecule has 0 heterocycles. The number of carboxylic acid groups (broad SMARTS) is 1. The van der Waals surface area contributed by atoms with Gasteiger partial charge in [0, 0.05) is 17.3 Å². The lowest BCUT2D eigenvalue weighted by Crippen LogP contribution is -2.17. The second kappa shape index (κ2) is 6.86. The fraction of sp³-hybridized carbons (Fsp3) is 0.333. The molecule has 0 radical (unpaired) electrons. The van der Waals surface area contributed by atoms with Gasteiger partial charge in [-0.05, 0) is 34.0 Å². The zero-order valence-corrected chi connectivity index (χ0v) is 12.4. The van der Waals surface area contributed by atoms with Crippen molar-refractivity contribution in [3.05, 3.63) is 27.4 Å². The summed E-state index contributed by atoms with van der Waals surface area (Å²) < 4.78 is 13.3. The molecule has 0 bridgehead atoms. The molecule has 104 valence electrons. The van der Waals surface area contributed by atoms with Crippen LogP contribution in [0.15, 0.2) is 16.6 Å². The van der Waals surface area contributed by atoms with E-state index < -0.39 is 11.8 Å². The minimum Gasteiger partial charge on any atom is -0.481 e. The maximum atomic E-state index is 13.0. The van der Waals surface area contributed by atoms with Crippen molar-refractivity contribution < 1.29 is 19.1 Å². The fourth-order valence-corrected chi connectivity index (χ4v) is 2.44. The maximum Gasteiger partial charge on any atom is 0.303 e. The Labute approximate surface area is 123 Å². The average Bonchev–Trinajstić information content (AvgIpc) is 2.21. The number of halogens is 3. The van der Waals surface area contributed by atoms with Gasteiger partial charge in [0.1, 0.15) is 5.82 Å². The van der Waals surface area contributed by atoms with Crippen LogP contribution in [0.1, 0.15) is 19.8 Å². The lowest BCUT2D eigenvalue weighted by molar-refractivity contribution is -0.138. The van der Waals surface area contributed by atoms with Crippen LogP contribution in [0.4, 0.5) is 10.1 Å². The van der Waals surface area contributed by atoms with E-state index in [2.05, 4.69) is 21.2 Å². The first-order chi connectivity index (χ1) is 8.79. The number of nitrogens with one attached hydrogen (secondary N) is 1. The molecule has 0 spiro atoms. The first kappa shape index (κ1) is 15.9. The summed E-state index contributed by atoms with van der Waals surface area (Å²) >= 11 is 8.92. The van der Waals surface area contributed by atoms with E-state index >= 15 is 0 Å². The van der Waals surface area contributed by atoms with Crippen LogP contribution in [0.5, 0.6) is 0 Å². The summed E-state index contributed by atoms with van der Waals surface area (Å²) in [4.78, 5) is 22.2. The van der Waals surface area contributed by atoms with Gasteiger partial charge in [-0.25, -0.2) is 4.39 Å². The number of hydrogen-bond donors (Lipinski definition) is 2. The minimum absolute atomic E-state index is 0.0481. The minimum atomic E-state index is -0.957. The Bertz CT molecular complexity index is 487. The highest BCUT2D eigenvalue weighted by molar-refractivity contribution is 9.10. The highest BCUT2D eigenvalue weighted by Crippen LogP contribution is 2.31. The third kappa shape index (κ3) is 5.16. The molecule has 0 aliphatic heterocycles. The van der Waals surface area contributed by atoms with Crippen LogP contribution in [0.25, 0.3) is 0 Å². The Balaban J connectivity index is 2.70. The summed E-state index contributed by atoms with van der Waals surface area (Å²) in [7, 11) is 0. The van der Waals surface area contributed by atoms with E-state index in [1.165, 1.54) is 6.07 Å². The second-order valence-electron chi connectivity index (χ2n) is 4.20. The summed E-state index contributed by atoms with van der Waals surface area (Å²) in [6.07, 6.45) is -0.0435. The zero-order chi connectivity index (χ0) is 14.6. The van der Waals surface area contributed by atoms with Crippen LogP contribution in [0.2, 0.25) is 5.02 Å². The number of carbonyl (C=O) groups is 2. The fourth-order valence-electron chi connectivity index (χ4n) is 1.54. The van der Waals surface area contributed by atoms with Crippen molar-refractivity contribution in [1.29, 1.82) is 0 Å². The first-order valence-corrected chi connectivity index (χ1v) is 6.63. The molecular formula is C12H12BrClFNO3. The number of carbonyl (C=O) groups excluding carboxylic acids is 1. The predicted molar refractivity (Wildman–Crippen MR) is 73.8 cm³/mol. The zero-order valence-electron chi connectivity index (χ0n) is 10.0. The van der Waals surface area contributed by atoms with Gasteiger partial charge in [0.25, 0.3) is 0 Å². The maximum absolute atomic E-state index is 13.0. The second-order valence-corrected chi connectivity index (χ2v) is 5.46. The van der Waals surface area contributed by atoms with Crippen LogP contribution in [0, 0.1) is 11.7 Å². The number of anilines is 1. The summed E-state index contributed by atoms with van der Waals surface area (Å²) in [6, 6.07) is 2.27. The number of rotatable bonds is 5. The molecule has 0 fully saturated rings.